The van der Waals surface area contributed by atoms with Crippen LogP contribution in [0.1, 0.15) is 24.2 Å². The Morgan fingerprint density at radius 1 is 1.30 bits per heavy atom. The SMILES string of the molecule is C[C@H](NC(=O)Cc1cccc(Cl)c1)c1cc(=O)[nH]c(N2CCN(C)CC2)n1. The summed E-state index contributed by atoms with van der Waals surface area (Å²) in [6.07, 6.45) is 0.222. The first-order chi connectivity index (χ1) is 12.9. The summed E-state index contributed by atoms with van der Waals surface area (Å²) in [5.74, 6) is 0.412. The molecule has 1 amide bonds. The lowest BCUT2D eigenvalue weighted by Crippen LogP contribution is -2.45. The first-order valence-corrected chi connectivity index (χ1v) is 9.37. The van der Waals surface area contributed by atoms with Crippen LogP contribution in [0.15, 0.2) is 35.1 Å². The quantitative estimate of drug-likeness (QED) is 0.811. The van der Waals surface area contributed by atoms with Crippen molar-refractivity contribution >= 4 is 23.5 Å². The molecule has 1 atom stereocenters. The number of aromatic nitrogens is 2. The molecule has 1 fully saturated rings. The van der Waals surface area contributed by atoms with Gasteiger partial charge in [0.05, 0.1) is 18.2 Å². The van der Waals surface area contributed by atoms with Gasteiger partial charge in [0, 0.05) is 37.3 Å². The smallest absolute Gasteiger partial charge is 0.252 e. The Hall–Kier alpha value is -2.38. The maximum atomic E-state index is 12.3. The van der Waals surface area contributed by atoms with Crippen LogP contribution in [-0.4, -0.2) is 54.0 Å². The second-order valence-electron chi connectivity index (χ2n) is 6.88. The predicted molar refractivity (Wildman–Crippen MR) is 106 cm³/mol. The van der Waals surface area contributed by atoms with Crippen LogP contribution in [-0.2, 0) is 11.2 Å². The van der Waals surface area contributed by atoms with Crippen LogP contribution >= 0.6 is 11.6 Å². The van der Waals surface area contributed by atoms with Crippen molar-refractivity contribution in [3.05, 3.63) is 57.0 Å². The Labute approximate surface area is 163 Å². The Morgan fingerprint density at radius 3 is 2.74 bits per heavy atom. The highest BCUT2D eigenvalue weighted by Gasteiger charge is 2.19. The van der Waals surface area contributed by atoms with E-state index in [2.05, 4.69) is 32.1 Å². The summed E-state index contributed by atoms with van der Waals surface area (Å²) in [5.41, 5.74) is 1.17. The highest BCUT2D eigenvalue weighted by molar-refractivity contribution is 6.30. The normalized spacial score (nSPS) is 16.2. The number of hydrogen-bond donors (Lipinski definition) is 2. The lowest BCUT2D eigenvalue weighted by molar-refractivity contribution is -0.121. The molecule has 1 aliphatic rings. The third kappa shape index (κ3) is 5.30. The molecule has 0 bridgehead atoms. The van der Waals surface area contributed by atoms with Crippen LogP contribution in [0, 0.1) is 0 Å². The summed E-state index contributed by atoms with van der Waals surface area (Å²) in [4.78, 5) is 36.1. The summed E-state index contributed by atoms with van der Waals surface area (Å²) in [7, 11) is 2.07. The fraction of sp³-hybridized carbons (Fsp3) is 0.421. The number of halogens is 1. The number of H-pyrrole nitrogens is 1. The van der Waals surface area contributed by atoms with Gasteiger partial charge in [-0.2, -0.15) is 0 Å². The van der Waals surface area contributed by atoms with Gasteiger partial charge in [0.15, 0.2) is 0 Å². The zero-order valence-corrected chi connectivity index (χ0v) is 16.3. The highest BCUT2D eigenvalue weighted by atomic mass is 35.5. The first kappa shape index (κ1) is 19.4. The average molecular weight is 390 g/mol. The van der Waals surface area contributed by atoms with Crippen molar-refractivity contribution in [2.24, 2.45) is 0 Å². The van der Waals surface area contributed by atoms with E-state index in [9.17, 15) is 9.59 Å². The van der Waals surface area contributed by atoms with Crippen LogP contribution in [0.2, 0.25) is 5.02 Å². The predicted octanol–water partition coefficient (Wildman–Crippen LogP) is 1.59. The van der Waals surface area contributed by atoms with Crippen LogP contribution in [0.5, 0.6) is 0 Å². The Bertz CT molecular complexity index is 861. The van der Waals surface area contributed by atoms with E-state index < -0.39 is 0 Å². The van der Waals surface area contributed by atoms with Crippen LogP contribution < -0.4 is 15.8 Å². The number of benzene rings is 1. The number of aromatic amines is 1. The van der Waals surface area contributed by atoms with E-state index in [0.717, 1.165) is 31.7 Å². The number of nitrogens with one attached hydrogen (secondary N) is 2. The van der Waals surface area contributed by atoms with E-state index in [4.69, 9.17) is 11.6 Å². The van der Waals surface area contributed by atoms with E-state index in [0.29, 0.717) is 16.7 Å². The summed E-state index contributed by atoms with van der Waals surface area (Å²) in [5, 5.41) is 3.50. The number of amides is 1. The van der Waals surface area contributed by atoms with Crippen molar-refractivity contribution in [2.75, 3.05) is 38.1 Å². The molecule has 7 nitrogen and oxygen atoms in total. The van der Waals surface area contributed by atoms with Crippen molar-refractivity contribution < 1.29 is 4.79 Å². The molecule has 0 spiro atoms. The molecule has 1 saturated heterocycles. The van der Waals surface area contributed by atoms with Gasteiger partial charge in [0.2, 0.25) is 11.9 Å². The van der Waals surface area contributed by atoms with Crippen molar-refractivity contribution in [1.29, 1.82) is 0 Å². The fourth-order valence-corrected chi connectivity index (χ4v) is 3.26. The lowest BCUT2D eigenvalue weighted by atomic mass is 10.1. The van der Waals surface area contributed by atoms with E-state index >= 15 is 0 Å². The number of hydrogen-bond acceptors (Lipinski definition) is 5. The minimum Gasteiger partial charge on any atom is -0.348 e. The second-order valence-corrected chi connectivity index (χ2v) is 7.32. The molecule has 27 heavy (non-hydrogen) atoms. The molecule has 2 heterocycles. The summed E-state index contributed by atoms with van der Waals surface area (Å²) >= 11 is 5.96. The topological polar surface area (TPSA) is 81.3 Å². The number of nitrogens with zero attached hydrogens (tertiary/aromatic N) is 3. The lowest BCUT2D eigenvalue weighted by Gasteiger charge is -2.32. The van der Waals surface area contributed by atoms with E-state index in [-0.39, 0.29) is 23.9 Å². The zero-order valence-electron chi connectivity index (χ0n) is 15.5. The number of carbonyl (C=O) groups excluding carboxylic acids is 1. The molecule has 1 aliphatic heterocycles. The van der Waals surface area contributed by atoms with E-state index in [1.807, 2.05) is 19.1 Å². The summed E-state index contributed by atoms with van der Waals surface area (Å²) in [6, 6.07) is 8.27. The number of rotatable bonds is 5. The molecule has 1 aromatic heterocycles. The largest absolute Gasteiger partial charge is 0.348 e. The molecule has 0 saturated carbocycles. The number of likely N-dealkylation sites (N-methyl/N-ethyl adjacent to an activating group) is 1. The Balaban J connectivity index is 1.68. The molecule has 2 N–H and O–H groups in total. The third-order valence-electron chi connectivity index (χ3n) is 4.63. The van der Waals surface area contributed by atoms with Crippen molar-refractivity contribution in [1.82, 2.24) is 20.2 Å². The van der Waals surface area contributed by atoms with Gasteiger partial charge < -0.3 is 15.1 Å². The van der Waals surface area contributed by atoms with Gasteiger partial charge >= 0.3 is 0 Å². The highest BCUT2D eigenvalue weighted by Crippen LogP contribution is 2.15. The van der Waals surface area contributed by atoms with Crippen LogP contribution in [0.25, 0.3) is 0 Å². The maximum absolute atomic E-state index is 12.3. The molecule has 1 aromatic carbocycles. The van der Waals surface area contributed by atoms with Gasteiger partial charge in [-0.15, -0.1) is 0 Å². The zero-order chi connectivity index (χ0) is 19.4. The van der Waals surface area contributed by atoms with Crippen molar-refractivity contribution in [2.45, 2.75) is 19.4 Å². The number of carbonyl (C=O) groups is 1. The average Bonchev–Trinajstić information content (AvgIpc) is 2.61. The molecule has 0 radical (unpaired) electrons. The molecule has 3 rings (SSSR count). The minimum absolute atomic E-state index is 0.145. The number of anilines is 1. The molecular formula is C19H24ClN5O2. The van der Waals surface area contributed by atoms with Gasteiger partial charge in [0.25, 0.3) is 5.56 Å². The molecule has 8 heteroatoms. The monoisotopic (exact) mass is 389 g/mol. The Morgan fingerprint density at radius 2 is 2.04 bits per heavy atom. The molecular weight excluding hydrogens is 366 g/mol. The van der Waals surface area contributed by atoms with E-state index in [1.165, 1.54) is 6.07 Å². The first-order valence-electron chi connectivity index (χ1n) is 8.99. The summed E-state index contributed by atoms with van der Waals surface area (Å²) in [6.45, 7) is 5.27. The molecule has 2 aromatic rings. The van der Waals surface area contributed by atoms with E-state index in [1.54, 1.807) is 12.1 Å². The van der Waals surface area contributed by atoms with Gasteiger partial charge in [0.1, 0.15) is 0 Å². The maximum Gasteiger partial charge on any atom is 0.252 e. The molecule has 0 unspecified atom stereocenters. The van der Waals surface area contributed by atoms with Crippen LogP contribution in [0.3, 0.4) is 0 Å². The van der Waals surface area contributed by atoms with Gasteiger partial charge in [-0.25, -0.2) is 4.98 Å². The van der Waals surface area contributed by atoms with Crippen molar-refractivity contribution in [3.8, 4) is 0 Å². The van der Waals surface area contributed by atoms with Gasteiger partial charge in [-0.1, -0.05) is 23.7 Å². The number of piperazine rings is 1. The standard InChI is InChI=1S/C19H24ClN5O2/c1-13(21-17(26)11-14-4-3-5-15(20)10-14)16-12-18(27)23-19(22-16)25-8-6-24(2)7-9-25/h3-5,10,12-13H,6-9,11H2,1-2H3,(H,21,26)(H,22,23,27)/t13-/m0/s1. The summed E-state index contributed by atoms with van der Waals surface area (Å²) < 4.78 is 0. The fourth-order valence-electron chi connectivity index (χ4n) is 3.05. The van der Waals surface area contributed by atoms with Gasteiger partial charge in [-0.3, -0.25) is 14.6 Å². The second kappa shape index (κ2) is 8.54. The third-order valence-corrected chi connectivity index (χ3v) is 4.86. The minimum atomic E-state index is -0.370. The molecule has 144 valence electrons. The Kier molecular flexibility index (Phi) is 6.13. The van der Waals surface area contributed by atoms with Gasteiger partial charge in [-0.05, 0) is 31.7 Å². The van der Waals surface area contributed by atoms with Crippen molar-refractivity contribution in [3.63, 3.8) is 0 Å². The van der Waals surface area contributed by atoms with Crippen LogP contribution in [0.4, 0.5) is 5.95 Å². The molecule has 0 aliphatic carbocycles.